The SMILES string of the molecule is NCC/C=C(/c1cccc(Cl)c1)C1Cc2ccccc2C1. The van der Waals surface area contributed by atoms with E-state index in [1.807, 2.05) is 12.1 Å². The van der Waals surface area contributed by atoms with Gasteiger partial charge in [0.25, 0.3) is 0 Å². The lowest BCUT2D eigenvalue weighted by molar-refractivity contribution is 0.722. The Hall–Kier alpha value is -1.57. The van der Waals surface area contributed by atoms with Crippen LogP contribution in [0.5, 0.6) is 0 Å². The fourth-order valence-corrected chi connectivity index (χ4v) is 3.40. The Bertz CT molecular complexity index is 635. The van der Waals surface area contributed by atoms with Crippen molar-refractivity contribution in [2.75, 3.05) is 6.54 Å². The molecule has 1 nitrogen and oxygen atoms in total. The maximum absolute atomic E-state index is 6.17. The number of rotatable bonds is 4. The Morgan fingerprint density at radius 2 is 1.81 bits per heavy atom. The average molecular weight is 298 g/mol. The molecule has 0 atom stereocenters. The van der Waals surface area contributed by atoms with Gasteiger partial charge >= 0.3 is 0 Å². The van der Waals surface area contributed by atoms with Gasteiger partial charge in [-0.1, -0.05) is 54.1 Å². The minimum Gasteiger partial charge on any atom is -0.330 e. The first-order chi connectivity index (χ1) is 10.3. The highest BCUT2D eigenvalue weighted by Gasteiger charge is 2.24. The highest BCUT2D eigenvalue weighted by atomic mass is 35.5. The topological polar surface area (TPSA) is 26.0 Å². The van der Waals surface area contributed by atoms with E-state index in [9.17, 15) is 0 Å². The minimum atomic E-state index is 0.535. The lowest BCUT2D eigenvalue weighted by Crippen LogP contribution is -2.05. The Balaban J connectivity index is 1.92. The summed E-state index contributed by atoms with van der Waals surface area (Å²) in [6, 6.07) is 16.9. The first-order valence-corrected chi connectivity index (χ1v) is 7.88. The van der Waals surface area contributed by atoms with Gasteiger partial charge in [-0.2, -0.15) is 0 Å². The summed E-state index contributed by atoms with van der Waals surface area (Å²) in [6.07, 6.45) is 5.43. The van der Waals surface area contributed by atoms with Crippen LogP contribution in [-0.4, -0.2) is 6.54 Å². The van der Waals surface area contributed by atoms with E-state index in [4.69, 9.17) is 17.3 Å². The number of fused-ring (bicyclic) bond motifs is 1. The van der Waals surface area contributed by atoms with Crippen molar-refractivity contribution >= 4 is 17.2 Å². The van der Waals surface area contributed by atoms with Crippen LogP contribution in [0.3, 0.4) is 0 Å². The average Bonchev–Trinajstić information content (AvgIpc) is 2.91. The minimum absolute atomic E-state index is 0.535. The maximum atomic E-state index is 6.17. The van der Waals surface area contributed by atoms with Gasteiger partial charge in [0.1, 0.15) is 0 Å². The molecule has 0 saturated carbocycles. The van der Waals surface area contributed by atoms with Crippen LogP contribution in [0.4, 0.5) is 0 Å². The quantitative estimate of drug-likeness (QED) is 0.884. The van der Waals surface area contributed by atoms with Crippen molar-refractivity contribution in [1.29, 1.82) is 0 Å². The second kappa shape index (κ2) is 6.46. The highest BCUT2D eigenvalue weighted by Crippen LogP contribution is 2.36. The van der Waals surface area contributed by atoms with Gasteiger partial charge in [-0.15, -0.1) is 0 Å². The lowest BCUT2D eigenvalue weighted by Gasteiger charge is -2.16. The molecule has 1 aliphatic carbocycles. The molecule has 0 spiro atoms. The molecule has 0 amide bonds. The molecule has 0 bridgehead atoms. The third-order valence-corrected chi connectivity index (χ3v) is 4.41. The van der Waals surface area contributed by atoms with Crippen LogP contribution < -0.4 is 5.73 Å². The van der Waals surface area contributed by atoms with E-state index >= 15 is 0 Å². The first kappa shape index (κ1) is 14.4. The Morgan fingerprint density at radius 3 is 2.43 bits per heavy atom. The van der Waals surface area contributed by atoms with Gasteiger partial charge in [-0.25, -0.2) is 0 Å². The fourth-order valence-electron chi connectivity index (χ4n) is 3.21. The van der Waals surface area contributed by atoms with Crippen molar-refractivity contribution < 1.29 is 0 Å². The van der Waals surface area contributed by atoms with Crippen LogP contribution in [0.1, 0.15) is 23.1 Å². The van der Waals surface area contributed by atoms with Gasteiger partial charge in [0.05, 0.1) is 0 Å². The van der Waals surface area contributed by atoms with Gasteiger partial charge in [0, 0.05) is 5.02 Å². The molecule has 2 N–H and O–H groups in total. The van der Waals surface area contributed by atoms with Crippen LogP contribution in [0.2, 0.25) is 5.02 Å². The van der Waals surface area contributed by atoms with Crippen molar-refractivity contribution in [3.8, 4) is 0 Å². The maximum Gasteiger partial charge on any atom is 0.0412 e. The smallest absolute Gasteiger partial charge is 0.0412 e. The monoisotopic (exact) mass is 297 g/mol. The second-order valence-corrected chi connectivity index (χ2v) is 6.06. The van der Waals surface area contributed by atoms with Crippen LogP contribution in [0.15, 0.2) is 54.6 Å². The predicted octanol–water partition coefficient (Wildman–Crippen LogP) is 4.49. The van der Waals surface area contributed by atoms with Gasteiger partial charge in [0.2, 0.25) is 0 Å². The number of hydrogen-bond acceptors (Lipinski definition) is 1. The third kappa shape index (κ3) is 3.20. The molecule has 2 heteroatoms. The summed E-state index contributed by atoms with van der Waals surface area (Å²) >= 11 is 6.17. The molecule has 1 aliphatic rings. The number of halogens is 1. The molecule has 0 heterocycles. The largest absolute Gasteiger partial charge is 0.330 e. The van der Waals surface area contributed by atoms with Crippen molar-refractivity contribution in [1.82, 2.24) is 0 Å². The summed E-state index contributed by atoms with van der Waals surface area (Å²) in [5.74, 6) is 0.535. The molecule has 2 aromatic carbocycles. The van der Waals surface area contributed by atoms with E-state index in [1.165, 1.54) is 22.3 Å². The normalized spacial score (nSPS) is 15.2. The zero-order chi connectivity index (χ0) is 14.7. The van der Waals surface area contributed by atoms with E-state index in [1.54, 1.807) is 0 Å². The van der Waals surface area contributed by atoms with Crippen molar-refractivity contribution in [3.63, 3.8) is 0 Å². The molecule has 0 aromatic heterocycles. The van der Waals surface area contributed by atoms with Crippen LogP contribution >= 0.6 is 11.6 Å². The Kier molecular flexibility index (Phi) is 4.42. The van der Waals surface area contributed by atoms with Crippen molar-refractivity contribution in [2.45, 2.75) is 19.3 Å². The van der Waals surface area contributed by atoms with E-state index < -0.39 is 0 Å². The summed E-state index contributed by atoms with van der Waals surface area (Å²) in [5.41, 5.74) is 11.3. The highest BCUT2D eigenvalue weighted by molar-refractivity contribution is 6.30. The molecule has 0 fully saturated rings. The summed E-state index contributed by atoms with van der Waals surface area (Å²) in [7, 11) is 0. The summed E-state index contributed by atoms with van der Waals surface area (Å²) in [5, 5.41) is 0.793. The van der Waals surface area contributed by atoms with Gasteiger partial charge in [0.15, 0.2) is 0 Å². The number of allylic oxidation sites excluding steroid dienone is 1. The summed E-state index contributed by atoms with van der Waals surface area (Å²) in [6.45, 7) is 0.684. The number of benzene rings is 2. The molecule has 3 rings (SSSR count). The van der Waals surface area contributed by atoms with Crippen molar-refractivity contribution in [3.05, 3.63) is 76.3 Å². The molecule has 0 aliphatic heterocycles. The van der Waals surface area contributed by atoms with E-state index in [0.29, 0.717) is 12.5 Å². The zero-order valence-electron chi connectivity index (χ0n) is 12.1. The standard InChI is InChI=1S/C19H20ClN/c20-18-8-3-7-16(13-18)19(9-4-10-21)17-11-14-5-1-2-6-15(14)12-17/h1-3,5-9,13,17H,4,10-12,21H2/b19-9-. The van der Waals surface area contributed by atoms with Gasteiger partial charge in [-0.05, 0) is 66.1 Å². The van der Waals surface area contributed by atoms with Crippen LogP contribution in [0, 0.1) is 5.92 Å². The Labute approximate surface area is 131 Å². The summed E-state index contributed by atoms with van der Waals surface area (Å²) in [4.78, 5) is 0. The molecule has 2 aromatic rings. The van der Waals surface area contributed by atoms with E-state index in [0.717, 1.165) is 24.3 Å². The van der Waals surface area contributed by atoms with Gasteiger partial charge in [-0.3, -0.25) is 0 Å². The molecule has 108 valence electrons. The number of hydrogen-bond donors (Lipinski definition) is 1. The van der Waals surface area contributed by atoms with E-state index in [2.05, 4.69) is 42.5 Å². The van der Waals surface area contributed by atoms with Crippen LogP contribution in [-0.2, 0) is 12.8 Å². The Morgan fingerprint density at radius 1 is 1.10 bits per heavy atom. The molecular weight excluding hydrogens is 278 g/mol. The fraction of sp³-hybridized carbons (Fsp3) is 0.263. The molecule has 21 heavy (non-hydrogen) atoms. The molecule has 0 radical (unpaired) electrons. The van der Waals surface area contributed by atoms with Crippen LogP contribution in [0.25, 0.3) is 5.57 Å². The zero-order valence-corrected chi connectivity index (χ0v) is 12.8. The van der Waals surface area contributed by atoms with E-state index in [-0.39, 0.29) is 0 Å². The molecular formula is C19H20ClN. The van der Waals surface area contributed by atoms with Crippen molar-refractivity contribution in [2.24, 2.45) is 11.7 Å². The van der Waals surface area contributed by atoms with Gasteiger partial charge < -0.3 is 5.73 Å². The molecule has 0 saturated heterocycles. The third-order valence-electron chi connectivity index (χ3n) is 4.18. The second-order valence-electron chi connectivity index (χ2n) is 5.62. The molecule has 0 unspecified atom stereocenters. The first-order valence-electron chi connectivity index (χ1n) is 7.51. The lowest BCUT2D eigenvalue weighted by atomic mass is 9.89. The number of nitrogens with two attached hydrogens (primary N) is 1. The summed E-state index contributed by atoms with van der Waals surface area (Å²) < 4.78 is 0. The predicted molar refractivity (Wildman–Crippen MR) is 90.4 cm³/mol.